The van der Waals surface area contributed by atoms with E-state index in [9.17, 15) is 13.2 Å². The van der Waals surface area contributed by atoms with Crippen molar-refractivity contribution in [3.8, 4) is 89.8 Å². The summed E-state index contributed by atoms with van der Waals surface area (Å²) in [5, 5.41) is 24.4. The summed E-state index contributed by atoms with van der Waals surface area (Å²) in [7, 11) is -6.74. The molecule has 0 bridgehead atoms. The second kappa shape index (κ2) is 50.6. The van der Waals surface area contributed by atoms with Crippen molar-refractivity contribution in [2.24, 2.45) is 0 Å². The zero-order chi connectivity index (χ0) is 77.8. The molecular weight excluding hydrogens is 1780 g/mol. The molecule has 0 aliphatic rings. The number of aliphatic hydroxyl groups is 3. The first-order valence-corrected chi connectivity index (χ1v) is 42.3. The number of hydrogen-bond acceptors (Lipinski definition) is 11. The van der Waals surface area contributed by atoms with E-state index in [1.54, 1.807) is 31.7 Å². The average Bonchev–Trinajstić information content (AvgIpc) is 0.795. The fourth-order valence-corrected chi connectivity index (χ4v) is 12.5. The Morgan fingerprint density at radius 1 is 0.349 bits per heavy atom. The van der Waals surface area contributed by atoms with Gasteiger partial charge in [-0.15, -0.1) is 179 Å². The van der Waals surface area contributed by atoms with Gasteiger partial charge in [0.2, 0.25) is 0 Å². The zero-order valence-corrected chi connectivity index (χ0v) is 69.6. The number of benzene rings is 8. The fourth-order valence-electron chi connectivity index (χ4n) is 9.58. The molecule has 14 rings (SSSR count). The summed E-state index contributed by atoms with van der Waals surface area (Å²) in [4.78, 5) is 26.3. The molecule has 14 aromatic rings. The zero-order valence-electron chi connectivity index (χ0n) is 62.0. The topological polar surface area (TPSA) is 192 Å². The standard InChI is InChI=1S/C20H21NSi.C20H20NSi.4C11H8N.C2H6O.CHF3O3S.2CH4O.2Ir/c2*1-22(2,3)20-15-21-19(17-12-8-5-9-13-17)14-18(20)16-10-6-4-7-11-16;4*1-2-6-10(7-3-1)11-8-4-5-9-12-11;1-2-3;2-1(3,4)8(5,6)7;2*1-2;;/h4-15H,1-3H3;4-12,14-15H,1-3H3;4*1-6,8-9H;3H,2H2,1H3;(H,5,6,7);2*2H,1H3;;/q;5*-1;;;;;;+3. The number of rotatable bonds is 10. The van der Waals surface area contributed by atoms with Crippen LogP contribution >= 0.6 is 0 Å². The molecular formula is C89H88F3Ir2N6O6SSi2-2. The van der Waals surface area contributed by atoms with Crippen LogP contribution in [0.15, 0.2) is 334 Å². The van der Waals surface area contributed by atoms with E-state index in [0.29, 0.717) is 0 Å². The molecule has 0 aliphatic carbocycles. The Bertz CT molecular complexity index is 4200. The van der Waals surface area contributed by atoms with Gasteiger partial charge in [0.25, 0.3) is 0 Å². The molecule has 0 saturated carbocycles. The Hall–Kier alpha value is -10.0. The molecule has 6 aromatic heterocycles. The van der Waals surface area contributed by atoms with E-state index in [1.165, 1.54) is 38.2 Å². The third kappa shape index (κ3) is 33.2. The van der Waals surface area contributed by atoms with Crippen molar-refractivity contribution < 1.29 is 81.7 Å². The van der Waals surface area contributed by atoms with E-state index < -0.39 is 31.8 Å². The minimum atomic E-state index is -5.84. The molecule has 0 amide bonds. The Morgan fingerprint density at radius 2 is 0.569 bits per heavy atom. The number of aliphatic hydroxyl groups excluding tert-OH is 3. The predicted molar refractivity (Wildman–Crippen MR) is 436 cm³/mol. The first-order valence-electron chi connectivity index (χ1n) is 33.9. The number of nitrogens with zero attached hydrogens (tertiary/aromatic N) is 6. The van der Waals surface area contributed by atoms with Crippen molar-refractivity contribution in [2.45, 2.75) is 51.7 Å². The van der Waals surface area contributed by atoms with Crippen LogP contribution in [0.3, 0.4) is 0 Å². The van der Waals surface area contributed by atoms with E-state index in [4.69, 9.17) is 38.3 Å². The molecule has 0 atom stereocenters. The Kier molecular flexibility index (Phi) is 43.2. The summed E-state index contributed by atoms with van der Waals surface area (Å²) in [5.41, 5.74) is 11.9. The van der Waals surface area contributed by atoms with Crippen LogP contribution in [0.1, 0.15) is 6.92 Å². The summed E-state index contributed by atoms with van der Waals surface area (Å²) in [6, 6.07) is 115. The minimum Gasteiger partial charge on any atom is -0.400 e. The second-order valence-electron chi connectivity index (χ2n) is 24.3. The van der Waals surface area contributed by atoms with E-state index in [0.717, 1.165) is 76.2 Å². The van der Waals surface area contributed by atoms with E-state index in [2.05, 4.69) is 205 Å². The van der Waals surface area contributed by atoms with Gasteiger partial charge in [-0.2, -0.15) is 21.6 Å². The number of hydrogen-bond donors (Lipinski definition) is 4. The van der Waals surface area contributed by atoms with Crippen molar-refractivity contribution in [1.82, 2.24) is 29.9 Å². The van der Waals surface area contributed by atoms with Gasteiger partial charge < -0.3 is 40.2 Å². The summed E-state index contributed by atoms with van der Waals surface area (Å²) in [6.45, 7) is 16.1. The predicted octanol–water partition coefficient (Wildman–Crippen LogP) is 19.5. The maximum absolute atomic E-state index is 10.7. The summed E-state index contributed by atoms with van der Waals surface area (Å²) < 4.78 is 57.5. The molecule has 12 nitrogen and oxygen atoms in total. The summed E-state index contributed by atoms with van der Waals surface area (Å²) in [5.74, 6) is 0. The Labute approximate surface area is 670 Å². The van der Waals surface area contributed by atoms with Crippen LogP contribution in [0, 0.1) is 30.3 Å². The molecule has 565 valence electrons. The van der Waals surface area contributed by atoms with Gasteiger partial charge in [0.1, 0.15) is 0 Å². The second-order valence-corrected chi connectivity index (χ2v) is 35.8. The van der Waals surface area contributed by atoms with Crippen LogP contribution in [0.4, 0.5) is 13.2 Å². The van der Waals surface area contributed by atoms with Gasteiger partial charge in [0, 0.05) is 83.7 Å². The molecule has 0 fully saturated rings. The maximum Gasteiger partial charge on any atom is 3.00 e. The van der Waals surface area contributed by atoms with Crippen LogP contribution < -0.4 is 10.4 Å². The smallest absolute Gasteiger partial charge is 0.400 e. The molecule has 20 heteroatoms. The van der Waals surface area contributed by atoms with E-state index in [-0.39, 0.29) is 46.8 Å². The van der Waals surface area contributed by atoms with Crippen LogP contribution in [-0.4, -0.2) is 101 Å². The van der Waals surface area contributed by atoms with Crippen molar-refractivity contribution in [2.75, 3.05) is 20.8 Å². The normalized spacial score (nSPS) is 10.2. The maximum atomic E-state index is 10.7. The first kappa shape index (κ1) is 93.2. The van der Waals surface area contributed by atoms with E-state index >= 15 is 0 Å². The van der Waals surface area contributed by atoms with Crippen LogP contribution in [0.2, 0.25) is 39.3 Å². The van der Waals surface area contributed by atoms with Gasteiger partial charge >= 0.3 is 35.7 Å². The quantitative estimate of drug-likeness (QED) is 0.0439. The van der Waals surface area contributed by atoms with Crippen molar-refractivity contribution in [1.29, 1.82) is 0 Å². The average molecular weight is 1870 g/mol. The Morgan fingerprint density at radius 3 is 0.789 bits per heavy atom. The third-order valence-electron chi connectivity index (χ3n) is 14.5. The van der Waals surface area contributed by atoms with Crippen LogP contribution in [0.25, 0.3) is 89.8 Å². The fraction of sp³-hybridized carbons (Fsp3) is 0.124. The first-order chi connectivity index (χ1) is 51.6. The number of aromatic nitrogens is 6. The molecule has 0 aliphatic heterocycles. The molecule has 6 heterocycles. The van der Waals surface area contributed by atoms with Crippen LogP contribution in [-0.2, 0) is 50.3 Å². The largest absolute Gasteiger partial charge is 3.00 e. The molecule has 8 aromatic carbocycles. The van der Waals surface area contributed by atoms with Crippen molar-refractivity contribution in [3.05, 3.63) is 365 Å². The number of halogens is 3. The van der Waals surface area contributed by atoms with Gasteiger partial charge in [0.05, 0.1) is 21.8 Å². The summed E-state index contributed by atoms with van der Waals surface area (Å²) >= 11 is 0. The molecule has 0 saturated heterocycles. The molecule has 0 spiro atoms. The summed E-state index contributed by atoms with van der Waals surface area (Å²) in [6.07, 6.45) is 11.3. The van der Waals surface area contributed by atoms with Gasteiger partial charge in [-0.1, -0.05) is 185 Å². The molecule has 4 N–H and O–H groups in total. The van der Waals surface area contributed by atoms with Crippen molar-refractivity contribution >= 4 is 36.6 Å². The van der Waals surface area contributed by atoms with Gasteiger partial charge in [-0.25, -0.2) is 0 Å². The van der Waals surface area contributed by atoms with Crippen molar-refractivity contribution in [3.63, 3.8) is 0 Å². The van der Waals surface area contributed by atoms with Gasteiger partial charge in [0.15, 0.2) is 0 Å². The SMILES string of the molecule is CCO.CO.CO.C[Si](C)(C)c1cnc(-c2[c-]cccc2)cc1-c1ccccc1.C[Si](C)(C)c1cnc(-c2ccccc2)cc1-c1ccccc1.O=S(=O)(O)C(F)(F)F.[Ir+3].[Ir].[c-]1ccccc1-c1ccccn1.[c-]1ccccc1-c1ccccn1.[c-]1ccccc1-c1ccccn1.[c-]1ccccc1-c1ccccn1. The molecule has 109 heavy (non-hydrogen) atoms. The Balaban J connectivity index is 0.000000332. The van der Waals surface area contributed by atoms with Gasteiger partial charge in [-0.3, -0.25) is 9.54 Å². The monoisotopic (exact) mass is 1870 g/mol. The van der Waals surface area contributed by atoms with Gasteiger partial charge in [-0.05, 0) is 98.4 Å². The number of alkyl halides is 3. The minimum absolute atomic E-state index is 0. The van der Waals surface area contributed by atoms with E-state index in [1.807, 2.05) is 194 Å². The number of pyridine rings is 6. The molecule has 1 radical (unpaired) electrons. The van der Waals surface area contributed by atoms with Crippen LogP contribution in [0.5, 0.6) is 0 Å². The molecule has 0 unspecified atom stereocenters. The third-order valence-corrected chi connectivity index (χ3v) is 19.2.